The normalized spacial score (nSPS) is 34.9. The molecule has 0 saturated heterocycles. The van der Waals surface area contributed by atoms with Gasteiger partial charge in [0.2, 0.25) is 0 Å². The Balaban J connectivity index is 2.40. The zero-order valence-corrected chi connectivity index (χ0v) is 4.93. The molecule has 0 spiro atoms. The van der Waals surface area contributed by atoms with Crippen molar-refractivity contribution in [2.45, 2.75) is 12.8 Å². The first-order chi connectivity index (χ1) is 3.88. The molecule has 1 fully saturated rings. The molecule has 0 amide bonds. The molecule has 1 saturated carbocycles. The van der Waals surface area contributed by atoms with Crippen molar-refractivity contribution in [3.05, 3.63) is 12.7 Å². The Morgan fingerprint density at radius 2 is 2.38 bits per heavy atom. The van der Waals surface area contributed by atoms with Crippen molar-refractivity contribution >= 4 is 0 Å². The van der Waals surface area contributed by atoms with E-state index in [1.54, 1.807) is 0 Å². The lowest BCUT2D eigenvalue weighted by molar-refractivity contribution is 0.298. The van der Waals surface area contributed by atoms with Crippen LogP contribution in [0.4, 0.5) is 0 Å². The van der Waals surface area contributed by atoms with Gasteiger partial charge < -0.3 is 0 Å². The van der Waals surface area contributed by atoms with Crippen molar-refractivity contribution in [2.75, 3.05) is 0 Å². The Hall–Kier alpha value is -0.700. The first kappa shape index (κ1) is 5.44. The highest BCUT2D eigenvalue weighted by Gasteiger charge is 2.25. The van der Waals surface area contributed by atoms with E-state index in [9.17, 15) is 0 Å². The van der Waals surface area contributed by atoms with Crippen molar-refractivity contribution in [3.63, 3.8) is 0 Å². The molecule has 0 radical (unpaired) electrons. The highest BCUT2D eigenvalue weighted by Crippen LogP contribution is 2.33. The van der Waals surface area contributed by atoms with Crippen LogP contribution in [0.15, 0.2) is 12.7 Å². The van der Waals surface area contributed by atoms with Gasteiger partial charge in [0.15, 0.2) is 0 Å². The minimum Gasteiger partial charge on any atom is -0.120 e. The summed E-state index contributed by atoms with van der Waals surface area (Å²) in [6.45, 7) is 3.69. The number of allylic oxidation sites excluding steroid dienone is 1. The summed E-state index contributed by atoms with van der Waals surface area (Å²) in [4.78, 5) is 0. The van der Waals surface area contributed by atoms with Crippen LogP contribution in [-0.4, -0.2) is 0 Å². The van der Waals surface area contributed by atoms with Gasteiger partial charge in [0.25, 0.3) is 0 Å². The Labute approximate surface area is 50.6 Å². The summed E-state index contributed by atoms with van der Waals surface area (Å²) in [5, 5.41) is 0. The standard InChI is InChI=1S/C8H10/c1-3-7-5-6-8(7)4-2/h1,4,7-8H,2,5-6H2/t7-,8-/m1/s1. The van der Waals surface area contributed by atoms with E-state index in [1.165, 1.54) is 12.8 Å². The van der Waals surface area contributed by atoms with Gasteiger partial charge in [0, 0.05) is 5.92 Å². The topological polar surface area (TPSA) is 0 Å². The molecule has 1 rings (SSSR count). The molecular weight excluding hydrogens is 96.1 g/mol. The van der Waals surface area contributed by atoms with E-state index in [-0.39, 0.29) is 0 Å². The van der Waals surface area contributed by atoms with Crippen molar-refractivity contribution in [3.8, 4) is 12.3 Å². The molecule has 0 aromatic carbocycles. The third kappa shape index (κ3) is 0.648. The van der Waals surface area contributed by atoms with Gasteiger partial charge in [0.1, 0.15) is 0 Å². The monoisotopic (exact) mass is 106 g/mol. The van der Waals surface area contributed by atoms with E-state index in [0.29, 0.717) is 11.8 Å². The first-order valence-corrected chi connectivity index (χ1v) is 2.97. The van der Waals surface area contributed by atoms with Gasteiger partial charge in [-0.3, -0.25) is 0 Å². The van der Waals surface area contributed by atoms with Gasteiger partial charge in [0.05, 0.1) is 0 Å². The largest absolute Gasteiger partial charge is 0.120 e. The van der Waals surface area contributed by atoms with E-state index in [0.717, 1.165) is 0 Å². The summed E-state index contributed by atoms with van der Waals surface area (Å²) in [5.74, 6) is 3.86. The average molecular weight is 106 g/mol. The summed E-state index contributed by atoms with van der Waals surface area (Å²) in [6.07, 6.45) is 9.62. The summed E-state index contributed by atoms with van der Waals surface area (Å²) in [5.41, 5.74) is 0. The van der Waals surface area contributed by atoms with Crippen molar-refractivity contribution < 1.29 is 0 Å². The summed E-state index contributed by atoms with van der Waals surface area (Å²) in [6, 6.07) is 0. The quantitative estimate of drug-likeness (QED) is 0.353. The summed E-state index contributed by atoms with van der Waals surface area (Å²) in [7, 11) is 0. The van der Waals surface area contributed by atoms with E-state index in [2.05, 4.69) is 12.5 Å². The van der Waals surface area contributed by atoms with Gasteiger partial charge in [-0.1, -0.05) is 6.08 Å². The zero-order chi connectivity index (χ0) is 5.98. The molecule has 42 valence electrons. The van der Waals surface area contributed by atoms with Gasteiger partial charge in [-0.05, 0) is 18.8 Å². The molecule has 8 heavy (non-hydrogen) atoms. The molecule has 0 aromatic heterocycles. The second-order valence-corrected chi connectivity index (χ2v) is 2.25. The fourth-order valence-electron chi connectivity index (χ4n) is 1.01. The molecule has 2 atom stereocenters. The maximum absolute atomic E-state index is 5.20. The SMILES string of the molecule is C#C[C@@H]1CC[C@H]1C=C. The van der Waals surface area contributed by atoms with Crippen LogP contribution in [0.2, 0.25) is 0 Å². The fraction of sp³-hybridized carbons (Fsp3) is 0.500. The van der Waals surface area contributed by atoms with Crippen LogP contribution in [0.5, 0.6) is 0 Å². The number of hydrogen-bond acceptors (Lipinski definition) is 0. The van der Waals surface area contributed by atoms with Gasteiger partial charge in [-0.25, -0.2) is 0 Å². The fourth-order valence-corrected chi connectivity index (χ4v) is 1.01. The van der Waals surface area contributed by atoms with E-state index in [1.807, 2.05) is 6.08 Å². The van der Waals surface area contributed by atoms with Crippen LogP contribution in [0.1, 0.15) is 12.8 Å². The van der Waals surface area contributed by atoms with Crippen LogP contribution in [-0.2, 0) is 0 Å². The number of hydrogen-bond donors (Lipinski definition) is 0. The first-order valence-electron chi connectivity index (χ1n) is 2.97. The van der Waals surface area contributed by atoms with Crippen molar-refractivity contribution in [1.82, 2.24) is 0 Å². The Bertz CT molecular complexity index is 127. The van der Waals surface area contributed by atoms with E-state index >= 15 is 0 Å². The zero-order valence-electron chi connectivity index (χ0n) is 4.93. The van der Waals surface area contributed by atoms with Gasteiger partial charge >= 0.3 is 0 Å². The molecule has 0 aromatic rings. The van der Waals surface area contributed by atoms with Crippen LogP contribution >= 0.6 is 0 Å². The van der Waals surface area contributed by atoms with Crippen LogP contribution in [0.3, 0.4) is 0 Å². The summed E-state index contributed by atoms with van der Waals surface area (Å²) < 4.78 is 0. The molecule has 0 bridgehead atoms. The Kier molecular flexibility index (Phi) is 1.39. The highest BCUT2D eigenvalue weighted by atomic mass is 14.3. The molecule has 1 aliphatic rings. The minimum atomic E-state index is 0.507. The molecule has 0 heterocycles. The average Bonchev–Trinajstić information content (AvgIpc) is 1.66. The lowest BCUT2D eigenvalue weighted by atomic mass is 9.74. The third-order valence-corrected chi connectivity index (χ3v) is 1.84. The highest BCUT2D eigenvalue weighted by molar-refractivity contribution is 5.06. The molecule has 0 unspecified atom stereocenters. The maximum atomic E-state index is 5.20. The third-order valence-electron chi connectivity index (χ3n) is 1.84. The van der Waals surface area contributed by atoms with E-state index < -0.39 is 0 Å². The second kappa shape index (κ2) is 2.05. The number of rotatable bonds is 1. The van der Waals surface area contributed by atoms with Gasteiger partial charge in [-0.15, -0.1) is 18.9 Å². The minimum absolute atomic E-state index is 0.507. The maximum Gasteiger partial charge on any atom is 0.0263 e. The smallest absolute Gasteiger partial charge is 0.0263 e. The lowest BCUT2D eigenvalue weighted by Gasteiger charge is -2.29. The van der Waals surface area contributed by atoms with Crippen LogP contribution in [0.25, 0.3) is 0 Å². The van der Waals surface area contributed by atoms with Crippen LogP contribution < -0.4 is 0 Å². The molecule has 1 aliphatic carbocycles. The van der Waals surface area contributed by atoms with Crippen molar-refractivity contribution in [2.24, 2.45) is 11.8 Å². The predicted molar refractivity (Wildman–Crippen MR) is 35.2 cm³/mol. The lowest BCUT2D eigenvalue weighted by Crippen LogP contribution is -2.21. The van der Waals surface area contributed by atoms with Crippen molar-refractivity contribution in [1.29, 1.82) is 0 Å². The second-order valence-electron chi connectivity index (χ2n) is 2.25. The summed E-state index contributed by atoms with van der Waals surface area (Å²) >= 11 is 0. The Morgan fingerprint density at radius 3 is 2.50 bits per heavy atom. The Morgan fingerprint density at radius 1 is 1.62 bits per heavy atom. The molecule has 0 aliphatic heterocycles. The van der Waals surface area contributed by atoms with Gasteiger partial charge in [-0.2, -0.15) is 0 Å². The molecule has 0 nitrogen and oxygen atoms in total. The molecule has 0 N–H and O–H groups in total. The number of terminal acetylenes is 1. The molecule has 0 heteroatoms. The van der Waals surface area contributed by atoms with Crippen LogP contribution in [0, 0.1) is 24.2 Å². The molecular formula is C8H10. The predicted octanol–water partition coefficient (Wildman–Crippen LogP) is 1.83. The van der Waals surface area contributed by atoms with E-state index in [4.69, 9.17) is 6.42 Å².